The van der Waals surface area contributed by atoms with E-state index in [-0.39, 0.29) is 17.9 Å². The van der Waals surface area contributed by atoms with Crippen molar-refractivity contribution in [1.82, 2.24) is 9.80 Å². The van der Waals surface area contributed by atoms with Gasteiger partial charge in [0.05, 0.1) is 12.5 Å². The number of benzene rings is 1. The number of nitrogens with one attached hydrogen (secondary N) is 1. The fourth-order valence-corrected chi connectivity index (χ4v) is 3.59. The van der Waals surface area contributed by atoms with Crippen LogP contribution in [0.3, 0.4) is 0 Å². The van der Waals surface area contributed by atoms with Crippen LogP contribution < -0.4 is 5.32 Å². The molecule has 1 atom stereocenters. The number of hydrogen-bond acceptors (Lipinski definition) is 4. The molecule has 1 fully saturated rings. The van der Waals surface area contributed by atoms with Crippen molar-refractivity contribution in [3.8, 4) is 0 Å². The first-order chi connectivity index (χ1) is 12.0. The number of β-amino-alcohol motifs (C(OH)–C–C–N with tert-alkyl or cyclic N) is 1. The molecule has 2 amide bonds. The van der Waals surface area contributed by atoms with Crippen LogP contribution in [-0.2, 0) is 22.4 Å². The van der Waals surface area contributed by atoms with Gasteiger partial charge in [0.25, 0.3) is 0 Å². The Morgan fingerprint density at radius 1 is 1.28 bits per heavy atom. The Labute approximate surface area is 148 Å². The van der Waals surface area contributed by atoms with Crippen LogP contribution in [0.25, 0.3) is 0 Å². The highest BCUT2D eigenvalue weighted by Crippen LogP contribution is 2.24. The first-order valence-electron chi connectivity index (χ1n) is 9.11. The van der Waals surface area contributed by atoms with Crippen molar-refractivity contribution in [2.75, 3.05) is 38.0 Å². The minimum absolute atomic E-state index is 0.0528. The number of aliphatic hydroxyl groups is 1. The summed E-state index contributed by atoms with van der Waals surface area (Å²) in [5, 5.41) is 12.3. The van der Waals surface area contributed by atoms with Crippen LogP contribution in [0.2, 0.25) is 0 Å². The predicted octanol–water partition coefficient (Wildman–Crippen LogP) is 1.03. The summed E-state index contributed by atoms with van der Waals surface area (Å²) in [6.07, 6.45) is 2.38. The van der Waals surface area contributed by atoms with Crippen LogP contribution in [0.1, 0.15) is 30.9 Å². The molecule has 6 heteroatoms. The summed E-state index contributed by atoms with van der Waals surface area (Å²) in [5.74, 6) is 0.270. The Balaban J connectivity index is 1.40. The Morgan fingerprint density at radius 2 is 2.04 bits per heavy atom. The summed E-state index contributed by atoms with van der Waals surface area (Å²) in [5.41, 5.74) is 3.16. The van der Waals surface area contributed by atoms with Gasteiger partial charge >= 0.3 is 0 Å². The van der Waals surface area contributed by atoms with Crippen LogP contribution >= 0.6 is 0 Å². The summed E-state index contributed by atoms with van der Waals surface area (Å²) in [7, 11) is 0. The average Bonchev–Trinajstić information content (AvgIpc) is 2.94. The second-order valence-corrected chi connectivity index (χ2v) is 7.10. The van der Waals surface area contributed by atoms with Crippen molar-refractivity contribution in [1.29, 1.82) is 0 Å². The summed E-state index contributed by atoms with van der Waals surface area (Å²) in [4.78, 5) is 27.9. The Morgan fingerprint density at radius 3 is 2.76 bits per heavy atom. The molecule has 0 radical (unpaired) electrons. The average molecular weight is 345 g/mol. The molecular formula is C19H27N3O3. The Bertz CT molecular complexity index is 637. The lowest BCUT2D eigenvalue weighted by molar-refractivity contribution is -0.133. The number of amides is 2. The molecular weight excluding hydrogens is 318 g/mol. The third-order valence-electron chi connectivity index (χ3n) is 4.90. The zero-order valence-electron chi connectivity index (χ0n) is 14.8. The molecule has 1 aromatic carbocycles. The summed E-state index contributed by atoms with van der Waals surface area (Å²) < 4.78 is 0. The number of rotatable bonds is 6. The Hall–Kier alpha value is -1.92. The molecule has 6 nitrogen and oxygen atoms in total. The molecule has 0 bridgehead atoms. The third-order valence-corrected chi connectivity index (χ3v) is 4.90. The number of aryl methyl sites for hydroxylation is 1. The molecule has 2 aliphatic rings. The molecule has 1 saturated heterocycles. The lowest BCUT2D eigenvalue weighted by Gasteiger charge is -2.35. The van der Waals surface area contributed by atoms with Gasteiger partial charge in [-0.2, -0.15) is 0 Å². The van der Waals surface area contributed by atoms with Gasteiger partial charge in [0.15, 0.2) is 0 Å². The van der Waals surface area contributed by atoms with Crippen molar-refractivity contribution in [3.63, 3.8) is 0 Å². The van der Waals surface area contributed by atoms with Crippen LogP contribution in [-0.4, -0.2) is 65.5 Å². The van der Waals surface area contributed by atoms with Gasteiger partial charge in [-0.05, 0) is 37.0 Å². The lowest BCUT2D eigenvalue weighted by atomic mass is 10.0. The predicted molar refractivity (Wildman–Crippen MR) is 96.4 cm³/mol. The number of nitrogens with zero attached hydrogens (tertiary/aromatic N) is 2. The number of anilines is 1. The fourth-order valence-electron chi connectivity index (χ4n) is 3.59. The highest BCUT2D eigenvalue weighted by molar-refractivity contribution is 5.99. The molecule has 0 saturated carbocycles. The molecule has 136 valence electrons. The SMILES string of the molecule is CC(O)CN1CCN(C(=O)CCCc2ccc3c(c2)CC(=O)N3)CC1. The van der Waals surface area contributed by atoms with E-state index in [9.17, 15) is 14.7 Å². The first kappa shape index (κ1) is 17.9. The third kappa shape index (κ3) is 4.80. The number of hydrogen-bond donors (Lipinski definition) is 2. The molecule has 2 N–H and O–H groups in total. The van der Waals surface area contributed by atoms with E-state index in [1.807, 2.05) is 17.0 Å². The molecule has 2 heterocycles. The number of aliphatic hydroxyl groups excluding tert-OH is 1. The Kier molecular flexibility index (Phi) is 5.71. The van der Waals surface area contributed by atoms with Crippen molar-refractivity contribution < 1.29 is 14.7 Å². The maximum absolute atomic E-state index is 12.4. The smallest absolute Gasteiger partial charge is 0.228 e. The van der Waals surface area contributed by atoms with E-state index in [2.05, 4.69) is 16.3 Å². The molecule has 0 aromatic heterocycles. The van der Waals surface area contributed by atoms with Crippen LogP contribution in [0.4, 0.5) is 5.69 Å². The maximum atomic E-state index is 12.4. The summed E-state index contributed by atoms with van der Waals surface area (Å²) >= 11 is 0. The van der Waals surface area contributed by atoms with Gasteiger partial charge in [-0.15, -0.1) is 0 Å². The number of carbonyl (C=O) groups excluding carboxylic acids is 2. The molecule has 0 spiro atoms. The van der Waals surface area contributed by atoms with E-state index < -0.39 is 0 Å². The number of fused-ring (bicyclic) bond motifs is 1. The topological polar surface area (TPSA) is 72.9 Å². The van der Waals surface area contributed by atoms with Gasteiger partial charge in [0.1, 0.15) is 0 Å². The van der Waals surface area contributed by atoms with Crippen LogP contribution in [0.15, 0.2) is 18.2 Å². The number of piperazine rings is 1. The van der Waals surface area contributed by atoms with Crippen molar-refractivity contribution >= 4 is 17.5 Å². The lowest BCUT2D eigenvalue weighted by Crippen LogP contribution is -2.50. The quantitative estimate of drug-likeness (QED) is 0.808. The summed E-state index contributed by atoms with van der Waals surface area (Å²) in [6.45, 7) is 5.64. The van der Waals surface area contributed by atoms with E-state index in [1.54, 1.807) is 6.92 Å². The second-order valence-electron chi connectivity index (χ2n) is 7.10. The van der Waals surface area contributed by atoms with Crippen molar-refractivity contribution in [3.05, 3.63) is 29.3 Å². The molecule has 3 rings (SSSR count). The monoisotopic (exact) mass is 345 g/mol. The van der Waals surface area contributed by atoms with Crippen molar-refractivity contribution in [2.24, 2.45) is 0 Å². The fraction of sp³-hybridized carbons (Fsp3) is 0.579. The zero-order chi connectivity index (χ0) is 17.8. The van der Waals surface area contributed by atoms with Gasteiger partial charge in [0.2, 0.25) is 11.8 Å². The highest BCUT2D eigenvalue weighted by Gasteiger charge is 2.21. The van der Waals surface area contributed by atoms with E-state index in [0.717, 1.165) is 50.3 Å². The van der Waals surface area contributed by atoms with Gasteiger partial charge in [-0.3, -0.25) is 14.5 Å². The highest BCUT2D eigenvalue weighted by atomic mass is 16.3. The van der Waals surface area contributed by atoms with E-state index in [1.165, 1.54) is 5.56 Å². The van der Waals surface area contributed by atoms with E-state index in [0.29, 0.717) is 19.4 Å². The van der Waals surface area contributed by atoms with E-state index in [4.69, 9.17) is 0 Å². The minimum Gasteiger partial charge on any atom is -0.392 e. The normalized spacial score (nSPS) is 18.8. The van der Waals surface area contributed by atoms with E-state index >= 15 is 0 Å². The minimum atomic E-state index is -0.319. The van der Waals surface area contributed by atoms with Crippen molar-refractivity contribution in [2.45, 2.75) is 38.7 Å². The standard InChI is InChI=1S/C19H27N3O3/c1-14(23)13-21-7-9-22(10-8-21)19(25)4-2-3-15-5-6-17-16(11-15)12-18(24)20-17/h5-6,11,14,23H,2-4,7-10,12-13H2,1H3,(H,20,24). The maximum Gasteiger partial charge on any atom is 0.228 e. The van der Waals surface area contributed by atoms with Gasteiger partial charge in [-0.1, -0.05) is 12.1 Å². The van der Waals surface area contributed by atoms with Gasteiger partial charge < -0.3 is 15.3 Å². The molecule has 1 unspecified atom stereocenters. The van der Waals surface area contributed by atoms with Gasteiger partial charge in [0, 0.05) is 44.8 Å². The van der Waals surface area contributed by atoms with Gasteiger partial charge in [-0.25, -0.2) is 0 Å². The van der Waals surface area contributed by atoms with Crippen LogP contribution in [0, 0.1) is 0 Å². The molecule has 0 aliphatic carbocycles. The zero-order valence-corrected chi connectivity index (χ0v) is 14.8. The number of carbonyl (C=O) groups is 2. The molecule has 25 heavy (non-hydrogen) atoms. The molecule has 2 aliphatic heterocycles. The molecule has 1 aromatic rings. The first-order valence-corrected chi connectivity index (χ1v) is 9.11. The largest absolute Gasteiger partial charge is 0.392 e. The summed E-state index contributed by atoms with van der Waals surface area (Å²) in [6, 6.07) is 6.06. The van der Waals surface area contributed by atoms with Crippen LogP contribution in [0.5, 0.6) is 0 Å². The second kappa shape index (κ2) is 7.97.